The van der Waals surface area contributed by atoms with E-state index < -0.39 is 7.37 Å². The number of nitrogens with zero attached hydrogens (tertiary/aromatic N) is 1. The van der Waals surface area contributed by atoms with Gasteiger partial charge in [0.05, 0.1) is 12.4 Å². The van der Waals surface area contributed by atoms with Crippen molar-refractivity contribution < 1.29 is 14.7 Å². The summed E-state index contributed by atoms with van der Waals surface area (Å²) in [5, 5.41) is 10.9. The fraction of sp³-hybridized carbons (Fsp3) is 0.875. The van der Waals surface area contributed by atoms with Crippen molar-refractivity contribution in [1.29, 1.82) is 0 Å². The molecule has 0 aromatic carbocycles. The third-order valence-corrected chi connectivity index (χ3v) is 4.91. The largest absolute Gasteiger partial charge is 0.411 e. The third kappa shape index (κ3) is 3.12. The standard InChI is InChI=1S/C8H16NO3P/c10-9-6-7-13(11,12)8-4-2-1-3-5-8/h6,8,10H,1-5,7H2,(H,11,12). The Hall–Kier alpha value is -0.340. The van der Waals surface area contributed by atoms with Crippen molar-refractivity contribution in [3.05, 3.63) is 0 Å². The summed E-state index contributed by atoms with van der Waals surface area (Å²) in [5.74, 6) is 0. The summed E-state index contributed by atoms with van der Waals surface area (Å²) < 4.78 is 11.7. The summed E-state index contributed by atoms with van der Waals surface area (Å²) in [6.45, 7) is 0. The lowest BCUT2D eigenvalue weighted by atomic mass is 10.0. The van der Waals surface area contributed by atoms with Gasteiger partial charge in [0, 0.05) is 5.66 Å². The molecule has 0 heterocycles. The van der Waals surface area contributed by atoms with E-state index in [1.807, 2.05) is 0 Å². The van der Waals surface area contributed by atoms with Gasteiger partial charge < -0.3 is 10.1 Å². The van der Waals surface area contributed by atoms with Gasteiger partial charge in [-0.3, -0.25) is 4.57 Å². The van der Waals surface area contributed by atoms with Crippen molar-refractivity contribution in [1.82, 2.24) is 0 Å². The van der Waals surface area contributed by atoms with Crippen LogP contribution in [0.2, 0.25) is 0 Å². The Morgan fingerprint density at radius 2 is 2.00 bits per heavy atom. The van der Waals surface area contributed by atoms with Crippen LogP contribution in [0.1, 0.15) is 32.1 Å². The van der Waals surface area contributed by atoms with Gasteiger partial charge in [0.1, 0.15) is 0 Å². The molecular formula is C8H16NO3P. The van der Waals surface area contributed by atoms with E-state index in [2.05, 4.69) is 5.16 Å². The molecule has 1 atom stereocenters. The molecule has 0 amide bonds. The van der Waals surface area contributed by atoms with Gasteiger partial charge in [0.2, 0.25) is 7.37 Å². The van der Waals surface area contributed by atoms with Crippen LogP contribution in [-0.2, 0) is 4.57 Å². The molecule has 1 unspecified atom stereocenters. The maximum atomic E-state index is 11.7. The van der Waals surface area contributed by atoms with E-state index in [9.17, 15) is 9.46 Å². The Bertz CT molecular complexity index is 223. The molecule has 4 nitrogen and oxygen atoms in total. The van der Waals surface area contributed by atoms with Crippen molar-refractivity contribution in [3.8, 4) is 0 Å². The Kier molecular flexibility index (Phi) is 3.94. The van der Waals surface area contributed by atoms with E-state index in [-0.39, 0.29) is 11.8 Å². The minimum Gasteiger partial charge on any atom is -0.411 e. The van der Waals surface area contributed by atoms with Gasteiger partial charge >= 0.3 is 0 Å². The minimum atomic E-state index is -3.09. The molecular weight excluding hydrogens is 189 g/mol. The molecule has 1 saturated carbocycles. The van der Waals surface area contributed by atoms with Gasteiger partial charge in [0.25, 0.3) is 0 Å². The fourth-order valence-corrected chi connectivity index (χ4v) is 3.56. The van der Waals surface area contributed by atoms with Crippen LogP contribution in [0.15, 0.2) is 5.16 Å². The molecule has 76 valence electrons. The molecule has 0 spiro atoms. The molecule has 2 N–H and O–H groups in total. The zero-order valence-electron chi connectivity index (χ0n) is 7.59. The molecule has 13 heavy (non-hydrogen) atoms. The molecule has 0 bridgehead atoms. The van der Waals surface area contributed by atoms with E-state index >= 15 is 0 Å². The lowest BCUT2D eigenvalue weighted by Gasteiger charge is -2.25. The van der Waals surface area contributed by atoms with Crippen LogP contribution >= 0.6 is 7.37 Å². The van der Waals surface area contributed by atoms with E-state index in [0.29, 0.717) is 0 Å². The van der Waals surface area contributed by atoms with Crippen LogP contribution in [0.4, 0.5) is 0 Å². The van der Waals surface area contributed by atoms with Gasteiger partial charge in [0.15, 0.2) is 0 Å². The highest BCUT2D eigenvalue weighted by Gasteiger charge is 2.30. The zero-order chi connectivity index (χ0) is 9.73. The molecule has 1 fully saturated rings. The van der Waals surface area contributed by atoms with Crippen molar-refractivity contribution in [2.45, 2.75) is 37.8 Å². The molecule has 0 saturated heterocycles. The predicted octanol–water partition coefficient (Wildman–Crippen LogP) is 2.05. The maximum Gasteiger partial charge on any atom is 0.208 e. The number of hydrogen-bond acceptors (Lipinski definition) is 3. The quantitative estimate of drug-likeness (QED) is 0.320. The van der Waals surface area contributed by atoms with Gasteiger partial charge in [-0.1, -0.05) is 19.3 Å². The molecule has 0 aromatic rings. The molecule has 1 aliphatic rings. The van der Waals surface area contributed by atoms with Gasteiger partial charge in [-0.2, -0.15) is 0 Å². The number of rotatable bonds is 3. The smallest absolute Gasteiger partial charge is 0.208 e. The second-order valence-electron chi connectivity index (χ2n) is 3.53. The first-order chi connectivity index (χ1) is 6.17. The van der Waals surface area contributed by atoms with Crippen molar-refractivity contribution in [2.75, 3.05) is 6.16 Å². The summed E-state index contributed by atoms with van der Waals surface area (Å²) in [6.07, 6.45) is 6.07. The highest BCUT2D eigenvalue weighted by molar-refractivity contribution is 7.59. The van der Waals surface area contributed by atoms with Crippen LogP contribution in [0.3, 0.4) is 0 Å². The number of oxime groups is 1. The normalized spacial score (nSPS) is 24.7. The topological polar surface area (TPSA) is 69.9 Å². The highest BCUT2D eigenvalue weighted by Crippen LogP contribution is 2.51. The predicted molar refractivity (Wildman–Crippen MR) is 51.8 cm³/mol. The second kappa shape index (κ2) is 4.77. The summed E-state index contributed by atoms with van der Waals surface area (Å²) in [4.78, 5) is 9.62. The monoisotopic (exact) mass is 205 g/mol. The van der Waals surface area contributed by atoms with Crippen molar-refractivity contribution >= 4 is 13.6 Å². The summed E-state index contributed by atoms with van der Waals surface area (Å²) >= 11 is 0. The van der Waals surface area contributed by atoms with Crippen molar-refractivity contribution in [2.24, 2.45) is 5.16 Å². The highest BCUT2D eigenvalue weighted by atomic mass is 31.2. The molecule has 0 aromatic heterocycles. The van der Waals surface area contributed by atoms with E-state index in [1.165, 1.54) is 6.42 Å². The molecule has 1 aliphatic carbocycles. The Labute approximate surface area is 78.1 Å². The van der Waals surface area contributed by atoms with Crippen LogP contribution < -0.4 is 0 Å². The van der Waals surface area contributed by atoms with E-state index in [1.54, 1.807) is 0 Å². The SMILES string of the molecule is O=P(O)(CC=NO)C1CCCCC1. The Morgan fingerprint density at radius 1 is 1.38 bits per heavy atom. The van der Waals surface area contributed by atoms with Gasteiger partial charge in [-0.15, -0.1) is 5.16 Å². The zero-order valence-corrected chi connectivity index (χ0v) is 8.49. The van der Waals surface area contributed by atoms with E-state index in [4.69, 9.17) is 5.21 Å². The lowest BCUT2D eigenvalue weighted by Crippen LogP contribution is -2.15. The van der Waals surface area contributed by atoms with Gasteiger partial charge in [-0.25, -0.2) is 0 Å². The average Bonchev–Trinajstić information content (AvgIpc) is 2.16. The molecule has 0 radical (unpaired) electrons. The summed E-state index contributed by atoms with van der Waals surface area (Å²) in [7, 11) is -3.09. The van der Waals surface area contributed by atoms with Crippen molar-refractivity contribution in [3.63, 3.8) is 0 Å². The first-order valence-corrected chi connectivity index (χ1v) is 6.55. The first-order valence-electron chi connectivity index (χ1n) is 4.64. The third-order valence-electron chi connectivity index (χ3n) is 2.57. The lowest BCUT2D eigenvalue weighted by molar-refractivity contribution is 0.321. The van der Waals surface area contributed by atoms with Crippen LogP contribution in [-0.4, -0.2) is 28.1 Å². The van der Waals surface area contributed by atoms with Crippen LogP contribution in [0.5, 0.6) is 0 Å². The number of hydrogen-bond donors (Lipinski definition) is 2. The molecule has 0 aliphatic heterocycles. The van der Waals surface area contributed by atoms with Crippen LogP contribution in [0.25, 0.3) is 0 Å². The average molecular weight is 205 g/mol. The maximum absolute atomic E-state index is 11.7. The summed E-state index contributed by atoms with van der Waals surface area (Å²) in [5.41, 5.74) is -0.0701. The molecule has 1 rings (SSSR count). The molecule has 5 heteroatoms. The minimum absolute atomic E-state index is 0.00810. The van der Waals surface area contributed by atoms with E-state index in [0.717, 1.165) is 31.9 Å². The second-order valence-corrected chi connectivity index (χ2v) is 6.13. The van der Waals surface area contributed by atoms with Gasteiger partial charge in [-0.05, 0) is 12.8 Å². The summed E-state index contributed by atoms with van der Waals surface area (Å²) in [6, 6.07) is 0. The Morgan fingerprint density at radius 3 is 2.54 bits per heavy atom. The van der Waals surface area contributed by atoms with Crippen LogP contribution in [0, 0.1) is 0 Å². The first kappa shape index (κ1) is 10.7. The Balaban J connectivity index is 2.51. The fourth-order valence-electron chi connectivity index (χ4n) is 1.79.